The third-order valence-corrected chi connectivity index (χ3v) is 7.19. The highest BCUT2D eigenvalue weighted by Crippen LogP contribution is 2.41. The van der Waals surface area contributed by atoms with E-state index in [2.05, 4.69) is 29.8 Å². The second-order valence-corrected chi connectivity index (χ2v) is 9.61. The number of nitrogens with two attached hydrogens (primary N) is 2. The Hall–Kier alpha value is -3.90. The van der Waals surface area contributed by atoms with Crippen LogP contribution in [0, 0.1) is 0 Å². The van der Waals surface area contributed by atoms with E-state index in [-0.39, 0.29) is 28.2 Å². The van der Waals surface area contributed by atoms with E-state index in [4.69, 9.17) is 11.5 Å². The number of oxime groups is 1. The summed E-state index contributed by atoms with van der Waals surface area (Å²) >= 11 is 3.10. The number of nitrogens with one attached hydrogen (secondary N) is 1. The van der Waals surface area contributed by atoms with Gasteiger partial charge in [-0.05, 0) is 17.1 Å². The molecule has 182 valence electrons. The molecule has 8 N–H and O–H groups in total. The summed E-state index contributed by atoms with van der Waals surface area (Å²) in [5, 5.41) is 34.9. The standard InChI is InChI=1S/C17H15N9O6S3/c18-6-3-7(21-17(31)20-6)33-2-1-5-4-34-14-9(13(28)26(14)10(5)15(29)30)22-12(27)8(24-32)11-23-16(19)35-25-11/h1-3,9,14,32H,4H2,(H,22,27)(H,29,30)(H2,19,23,25)(H3,18,20,21,31)/t9-,14-/m1/s1. The molecule has 0 spiro atoms. The van der Waals surface area contributed by atoms with Gasteiger partial charge in [0.2, 0.25) is 11.5 Å². The first-order chi connectivity index (χ1) is 16.7. The lowest BCUT2D eigenvalue weighted by atomic mass is 10.0. The van der Waals surface area contributed by atoms with Crippen LogP contribution in [0.2, 0.25) is 0 Å². The summed E-state index contributed by atoms with van der Waals surface area (Å²) in [5.41, 5.74) is 10.6. The zero-order chi connectivity index (χ0) is 25.3. The van der Waals surface area contributed by atoms with Gasteiger partial charge in [0.1, 0.15) is 28.0 Å². The van der Waals surface area contributed by atoms with Gasteiger partial charge >= 0.3 is 12.0 Å². The number of allylic oxidation sites excluding steroid dienone is 1. The molecule has 2 aromatic rings. The van der Waals surface area contributed by atoms with Gasteiger partial charge in [0.25, 0.3) is 11.8 Å². The van der Waals surface area contributed by atoms with Gasteiger partial charge < -0.3 is 32.2 Å². The number of anilines is 2. The average Bonchev–Trinajstić information content (AvgIpc) is 3.22. The summed E-state index contributed by atoms with van der Waals surface area (Å²) in [5.74, 6) is -2.80. The van der Waals surface area contributed by atoms with Crippen molar-refractivity contribution in [3.63, 3.8) is 0 Å². The smallest absolute Gasteiger partial charge is 0.352 e. The maximum absolute atomic E-state index is 12.8. The molecule has 35 heavy (non-hydrogen) atoms. The highest BCUT2D eigenvalue weighted by molar-refractivity contribution is 8.02. The Labute approximate surface area is 208 Å². The fraction of sp³-hybridized carbons (Fsp3) is 0.176. The Bertz CT molecular complexity index is 1290. The lowest BCUT2D eigenvalue weighted by Crippen LogP contribution is -2.71. The fourth-order valence-electron chi connectivity index (χ4n) is 3.18. The van der Waals surface area contributed by atoms with Crippen LogP contribution in [0.4, 0.5) is 10.9 Å². The largest absolute Gasteiger partial charge is 0.479 e. The predicted octanol–water partition coefficient (Wildman–Crippen LogP) is -0.579. The van der Waals surface area contributed by atoms with Crippen molar-refractivity contribution >= 4 is 69.5 Å². The van der Waals surface area contributed by atoms with Gasteiger partial charge in [-0.15, -0.1) is 11.8 Å². The third kappa shape index (κ3) is 4.84. The van der Waals surface area contributed by atoms with E-state index in [9.17, 15) is 29.8 Å². The second kappa shape index (κ2) is 9.76. The molecule has 4 rings (SSSR count). The number of thioether (sulfide) groups is 2. The average molecular weight is 538 g/mol. The zero-order valence-corrected chi connectivity index (χ0v) is 19.7. The number of β-lactam (4-membered cyclic amide) rings is 1. The van der Waals surface area contributed by atoms with E-state index in [1.807, 2.05) is 0 Å². The molecule has 0 aromatic carbocycles. The number of rotatable bonds is 7. The third-order valence-electron chi connectivity index (χ3n) is 4.62. The molecule has 18 heteroatoms. The fourth-order valence-corrected chi connectivity index (χ4v) is 5.63. The van der Waals surface area contributed by atoms with Crippen molar-refractivity contribution in [2.45, 2.75) is 16.4 Å². The van der Waals surface area contributed by atoms with Crippen LogP contribution in [-0.4, -0.2) is 80.3 Å². The highest BCUT2D eigenvalue weighted by Gasteiger charge is 2.54. The summed E-state index contributed by atoms with van der Waals surface area (Å²) in [6.07, 6.45) is 1.51. The Balaban J connectivity index is 1.48. The summed E-state index contributed by atoms with van der Waals surface area (Å²) < 4.78 is 3.79. The number of aromatic nitrogens is 4. The molecule has 0 aliphatic carbocycles. The summed E-state index contributed by atoms with van der Waals surface area (Å²) in [7, 11) is 0. The Morgan fingerprint density at radius 2 is 2.09 bits per heavy atom. The van der Waals surface area contributed by atoms with Crippen LogP contribution in [0.3, 0.4) is 0 Å². The number of fused-ring (bicyclic) bond motifs is 1. The Morgan fingerprint density at radius 1 is 1.31 bits per heavy atom. The molecule has 2 atom stereocenters. The molecule has 0 saturated carbocycles. The van der Waals surface area contributed by atoms with Crippen molar-refractivity contribution in [1.29, 1.82) is 0 Å². The normalized spacial score (nSPS) is 20.1. The van der Waals surface area contributed by atoms with Crippen molar-refractivity contribution in [1.82, 2.24) is 29.5 Å². The molecule has 2 aliphatic rings. The highest BCUT2D eigenvalue weighted by atomic mass is 32.2. The monoisotopic (exact) mass is 537 g/mol. The second-order valence-electron chi connectivity index (χ2n) is 6.80. The van der Waals surface area contributed by atoms with Crippen LogP contribution in [0.1, 0.15) is 5.82 Å². The number of nitrogen functional groups attached to an aromatic ring is 2. The van der Waals surface area contributed by atoms with E-state index in [0.29, 0.717) is 10.6 Å². The van der Waals surface area contributed by atoms with Gasteiger partial charge in [0.05, 0.1) is 0 Å². The summed E-state index contributed by atoms with van der Waals surface area (Å²) in [6, 6.07) is -0.120. The van der Waals surface area contributed by atoms with Crippen molar-refractivity contribution < 1.29 is 29.8 Å². The van der Waals surface area contributed by atoms with Gasteiger partial charge in [-0.2, -0.15) is 19.3 Å². The molecule has 2 amide bonds. The van der Waals surface area contributed by atoms with E-state index in [1.165, 1.54) is 23.9 Å². The minimum absolute atomic E-state index is 0.0534. The molecule has 2 aromatic heterocycles. The number of carbonyl (C=O) groups excluding carboxylic acids is 2. The summed E-state index contributed by atoms with van der Waals surface area (Å²) in [4.78, 5) is 49.5. The molecule has 0 unspecified atom stereocenters. The van der Waals surface area contributed by atoms with Crippen molar-refractivity contribution in [2.24, 2.45) is 5.16 Å². The maximum Gasteiger partial charge on any atom is 0.352 e. The minimum atomic E-state index is -1.32. The van der Waals surface area contributed by atoms with E-state index in [1.54, 1.807) is 5.41 Å². The molecule has 4 heterocycles. The van der Waals surface area contributed by atoms with Gasteiger partial charge in [-0.3, -0.25) is 14.5 Å². The molecule has 1 saturated heterocycles. The molecule has 0 radical (unpaired) electrons. The first-order valence-corrected chi connectivity index (χ1v) is 12.1. The van der Waals surface area contributed by atoms with Crippen LogP contribution in [-0.2, 0) is 14.4 Å². The number of aromatic hydroxyl groups is 1. The number of carboxylic acids is 1. The molecule has 15 nitrogen and oxygen atoms in total. The lowest BCUT2D eigenvalue weighted by molar-refractivity contribution is -0.150. The van der Waals surface area contributed by atoms with E-state index >= 15 is 0 Å². The number of hydrogen-bond donors (Lipinski definition) is 6. The SMILES string of the molecule is Nc1cc(SC=CC2=C(C(=O)O)N3C(=O)[C@@H](NC(=O)C(=NO)c4nsc(N)n4)[C@H]3SC2)nc(O)n1. The number of carbonyl (C=O) groups is 3. The lowest BCUT2D eigenvalue weighted by Gasteiger charge is -2.49. The van der Waals surface area contributed by atoms with Gasteiger partial charge in [-0.1, -0.05) is 16.9 Å². The number of carboxylic acid groups (broad SMARTS) is 1. The molecule has 1 fully saturated rings. The summed E-state index contributed by atoms with van der Waals surface area (Å²) in [6.45, 7) is 0. The van der Waals surface area contributed by atoms with Crippen molar-refractivity contribution in [3.8, 4) is 6.01 Å². The molecular weight excluding hydrogens is 522 g/mol. The topological polar surface area (TPSA) is 243 Å². The minimum Gasteiger partial charge on any atom is -0.479 e. The Morgan fingerprint density at radius 3 is 2.71 bits per heavy atom. The van der Waals surface area contributed by atoms with Gasteiger partial charge in [-0.25, -0.2) is 4.79 Å². The maximum atomic E-state index is 12.8. The van der Waals surface area contributed by atoms with Crippen molar-refractivity contribution in [2.75, 3.05) is 17.2 Å². The van der Waals surface area contributed by atoms with Crippen molar-refractivity contribution in [3.05, 3.63) is 34.6 Å². The van der Waals surface area contributed by atoms with Gasteiger partial charge in [0.15, 0.2) is 5.13 Å². The predicted molar refractivity (Wildman–Crippen MR) is 125 cm³/mol. The van der Waals surface area contributed by atoms with Crippen LogP contribution in [0.25, 0.3) is 0 Å². The molecule has 0 bridgehead atoms. The number of amides is 2. The Kier molecular flexibility index (Phi) is 6.76. The first kappa shape index (κ1) is 24.2. The number of hydrogen-bond acceptors (Lipinski definition) is 15. The van der Waals surface area contributed by atoms with Crippen LogP contribution in [0.15, 0.2) is 39.0 Å². The first-order valence-electron chi connectivity index (χ1n) is 9.40. The van der Waals surface area contributed by atoms with Crippen LogP contribution in [0.5, 0.6) is 6.01 Å². The number of nitrogens with zero attached hydrogens (tertiary/aromatic N) is 6. The zero-order valence-electron chi connectivity index (χ0n) is 17.2. The molecule has 2 aliphatic heterocycles. The number of aliphatic carboxylic acids is 1. The van der Waals surface area contributed by atoms with E-state index in [0.717, 1.165) is 28.2 Å². The van der Waals surface area contributed by atoms with Crippen LogP contribution >= 0.6 is 35.1 Å². The van der Waals surface area contributed by atoms with Crippen LogP contribution < -0.4 is 16.8 Å². The van der Waals surface area contributed by atoms with E-state index < -0.39 is 40.9 Å². The quantitative estimate of drug-likeness (QED) is 0.0646. The molecular formula is C17H15N9O6S3. The van der Waals surface area contributed by atoms with Gasteiger partial charge in [0, 0.05) is 23.4 Å².